The molecule has 17 heavy (non-hydrogen) atoms. The molecule has 0 saturated heterocycles. The number of hydrogen-bond acceptors (Lipinski definition) is 3. The predicted octanol–water partition coefficient (Wildman–Crippen LogP) is 5.14. The molecule has 0 aliphatic carbocycles. The van der Waals surface area contributed by atoms with Gasteiger partial charge in [-0.1, -0.05) is 43.4 Å². The third-order valence-corrected chi connectivity index (χ3v) is 5.84. The van der Waals surface area contributed by atoms with Crippen LogP contribution in [0, 0.1) is 5.41 Å². The van der Waals surface area contributed by atoms with Gasteiger partial charge in [0.15, 0.2) is 0 Å². The first kappa shape index (κ1) is 15.8. The Balaban J connectivity index is 2.36. The van der Waals surface area contributed by atoms with E-state index in [9.17, 15) is 0 Å². The van der Waals surface area contributed by atoms with E-state index in [1.54, 1.807) is 11.5 Å². The van der Waals surface area contributed by atoms with Gasteiger partial charge in [0.2, 0.25) is 0 Å². The monoisotopic (exact) mass is 383 g/mol. The molecule has 0 unspecified atom stereocenters. The summed E-state index contributed by atoms with van der Waals surface area (Å²) >= 11 is 6.16. The molecule has 0 amide bonds. The Morgan fingerprint density at radius 1 is 1.29 bits per heavy atom. The second kappa shape index (κ2) is 6.24. The lowest BCUT2D eigenvalue weighted by Gasteiger charge is -2.16. The van der Waals surface area contributed by atoms with Crippen LogP contribution in [0.1, 0.15) is 45.2 Å². The number of thioether (sulfide) groups is 1. The Kier molecular flexibility index (Phi) is 5.79. The van der Waals surface area contributed by atoms with E-state index < -0.39 is 0 Å². The first-order chi connectivity index (χ1) is 7.68. The van der Waals surface area contributed by atoms with E-state index in [4.69, 9.17) is 0 Å². The highest BCUT2D eigenvalue weighted by Gasteiger charge is 2.19. The van der Waals surface area contributed by atoms with Crippen LogP contribution in [0.4, 0.5) is 0 Å². The van der Waals surface area contributed by atoms with Crippen LogP contribution in [0.2, 0.25) is 0 Å². The van der Waals surface area contributed by atoms with E-state index >= 15 is 0 Å². The van der Waals surface area contributed by atoms with Crippen LogP contribution in [0.5, 0.6) is 0 Å². The summed E-state index contributed by atoms with van der Waals surface area (Å²) in [7, 11) is 0. The summed E-state index contributed by atoms with van der Waals surface area (Å²) in [5.41, 5.74) is 1.69. The zero-order valence-electron chi connectivity index (χ0n) is 11.3. The number of halogens is 1. The Morgan fingerprint density at radius 3 is 2.41 bits per heavy atom. The fraction of sp³-hybridized carbons (Fsp3) is 0.769. The highest BCUT2D eigenvalue weighted by molar-refractivity contribution is 14.1. The summed E-state index contributed by atoms with van der Waals surface area (Å²) in [5.74, 6) is 2.41. The topological polar surface area (TPSA) is 12.9 Å². The van der Waals surface area contributed by atoms with Crippen molar-refractivity contribution in [3.8, 4) is 0 Å². The number of aromatic nitrogens is 1. The average Bonchev–Trinajstić information content (AvgIpc) is 2.58. The Bertz CT molecular complexity index is 347. The Morgan fingerprint density at radius 2 is 1.94 bits per heavy atom. The van der Waals surface area contributed by atoms with Gasteiger partial charge in [-0.2, -0.15) is 16.1 Å². The summed E-state index contributed by atoms with van der Waals surface area (Å²) in [4.78, 5) is 1.38. The second-order valence-electron chi connectivity index (χ2n) is 6.02. The van der Waals surface area contributed by atoms with Gasteiger partial charge in [0, 0.05) is 4.88 Å². The minimum Gasteiger partial charge on any atom is -0.197 e. The van der Waals surface area contributed by atoms with Crippen molar-refractivity contribution < 1.29 is 0 Å². The zero-order chi connectivity index (χ0) is 13.1. The lowest BCUT2D eigenvalue weighted by atomic mass is 10.0. The molecule has 0 aliphatic heterocycles. The average molecular weight is 383 g/mol. The van der Waals surface area contributed by atoms with Crippen LogP contribution in [0.3, 0.4) is 0 Å². The SMILES string of the molecule is CC(C)(C)CSCCc1cc(C(C)(C)I)sn1. The van der Waals surface area contributed by atoms with E-state index in [-0.39, 0.29) is 3.42 Å². The van der Waals surface area contributed by atoms with Crippen LogP contribution in [-0.4, -0.2) is 15.9 Å². The highest BCUT2D eigenvalue weighted by Crippen LogP contribution is 2.34. The summed E-state index contributed by atoms with van der Waals surface area (Å²) < 4.78 is 4.75. The highest BCUT2D eigenvalue weighted by atomic mass is 127. The molecule has 0 atom stereocenters. The maximum absolute atomic E-state index is 4.54. The lowest BCUT2D eigenvalue weighted by Crippen LogP contribution is -2.09. The van der Waals surface area contributed by atoms with Gasteiger partial charge in [-0.25, -0.2) is 0 Å². The van der Waals surface area contributed by atoms with Crippen molar-refractivity contribution in [3.63, 3.8) is 0 Å². The third kappa shape index (κ3) is 6.43. The van der Waals surface area contributed by atoms with Crippen LogP contribution in [0.15, 0.2) is 6.07 Å². The normalized spacial score (nSPS) is 13.1. The molecule has 0 radical (unpaired) electrons. The van der Waals surface area contributed by atoms with Crippen molar-refractivity contribution in [2.75, 3.05) is 11.5 Å². The maximum Gasteiger partial charge on any atom is 0.0553 e. The van der Waals surface area contributed by atoms with Gasteiger partial charge in [0.1, 0.15) is 0 Å². The summed E-state index contributed by atoms with van der Waals surface area (Å²) in [6.07, 6.45) is 1.10. The Hall–Kier alpha value is 0.710. The molecule has 0 aliphatic rings. The molecule has 0 aromatic carbocycles. The molecule has 0 bridgehead atoms. The first-order valence-electron chi connectivity index (χ1n) is 5.91. The molecule has 0 saturated carbocycles. The molecular formula is C13H22INS2. The molecule has 4 heteroatoms. The van der Waals surface area contributed by atoms with Crippen LogP contribution < -0.4 is 0 Å². The molecule has 1 aromatic heterocycles. The van der Waals surface area contributed by atoms with Gasteiger partial charge < -0.3 is 0 Å². The van der Waals surface area contributed by atoms with Gasteiger partial charge in [0.05, 0.1) is 9.12 Å². The van der Waals surface area contributed by atoms with Crippen molar-refractivity contribution >= 4 is 45.9 Å². The number of hydrogen-bond donors (Lipinski definition) is 0. The molecule has 0 fully saturated rings. The van der Waals surface area contributed by atoms with Crippen LogP contribution in [-0.2, 0) is 9.84 Å². The summed E-state index contributed by atoms with van der Waals surface area (Å²) in [6, 6.07) is 2.27. The third-order valence-electron chi connectivity index (χ3n) is 2.18. The van der Waals surface area contributed by atoms with E-state index in [0.717, 1.165) is 6.42 Å². The van der Waals surface area contributed by atoms with Crippen molar-refractivity contribution in [2.24, 2.45) is 5.41 Å². The zero-order valence-corrected chi connectivity index (χ0v) is 15.1. The Labute approximate surface area is 127 Å². The van der Waals surface area contributed by atoms with Gasteiger partial charge in [-0.15, -0.1) is 0 Å². The largest absolute Gasteiger partial charge is 0.197 e. The molecule has 98 valence electrons. The lowest BCUT2D eigenvalue weighted by molar-refractivity contribution is 0.481. The van der Waals surface area contributed by atoms with E-state index in [1.807, 2.05) is 11.8 Å². The quantitative estimate of drug-likeness (QED) is 0.397. The molecule has 0 spiro atoms. The number of alkyl halides is 1. The molecule has 1 nitrogen and oxygen atoms in total. The van der Waals surface area contributed by atoms with Crippen molar-refractivity contribution in [3.05, 3.63) is 16.6 Å². The fourth-order valence-corrected chi connectivity index (χ4v) is 3.59. The second-order valence-corrected chi connectivity index (χ2v) is 10.6. The summed E-state index contributed by atoms with van der Waals surface area (Å²) in [6.45, 7) is 11.3. The molecule has 1 aromatic rings. The molecule has 1 heterocycles. The van der Waals surface area contributed by atoms with Crippen LogP contribution in [0.25, 0.3) is 0 Å². The van der Waals surface area contributed by atoms with Gasteiger partial charge >= 0.3 is 0 Å². The first-order valence-corrected chi connectivity index (χ1v) is 8.92. The number of nitrogens with zero attached hydrogens (tertiary/aromatic N) is 1. The van der Waals surface area contributed by atoms with Crippen molar-refractivity contribution in [2.45, 2.75) is 44.5 Å². The van der Waals surface area contributed by atoms with Crippen molar-refractivity contribution in [1.82, 2.24) is 4.37 Å². The number of aryl methyl sites for hydroxylation is 1. The smallest absolute Gasteiger partial charge is 0.0553 e. The minimum atomic E-state index is 0.215. The maximum atomic E-state index is 4.54. The van der Waals surface area contributed by atoms with Gasteiger partial charge in [-0.05, 0) is 54.8 Å². The predicted molar refractivity (Wildman–Crippen MR) is 89.6 cm³/mol. The molecule has 0 N–H and O–H groups in total. The minimum absolute atomic E-state index is 0.215. The van der Waals surface area contributed by atoms with E-state index in [2.05, 4.69) is 67.6 Å². The van der Waals surface area contributed by atoms with Crippen molar-refractivity contribution in [1.29, 1.82) is 0 Å². The van der Waals surface area contributed by atoms with Gasteiger partial charge in [0.25, 0.3) is 0 Å². The number of rotatable bonds is 5. The van der Waals surface area contributed by atoms with Gasteiger partial charge in [-0.3, -0.25) is 0 Å². The molecular weight excluding hydrogens is 361 g/mol. The fourth-order valence-electron chi connectivity index (χ4n) is 1.26. The standard InChI is InChI=1S/C13H22INS2/c1-12(2,3)9-16-7-6-10-8-11(17-15-10)13(4,5)14/h8H,6-7,9H2,1-5H3. The van der Waals surface area contributed by atoms with E-state index in [1.165, 1.54) is 22.1 Å². The van der Waals surface area contributed by atoms with Crippen LogP contribution >= 0.6 is 45.9 Å². The molecule has 1 rings (SSSR count). The summed E-state index contributed by atoms with van der Waals surface area (Å²) in [5, 5.41) is 0. The van der Waals surface area contributed by atoms with E-state index in [0.29, 0.717) is 5.41 Å².